The first-order valence-corrected chi connectivity index (χ1v) is 7.98. The Balaban J connectivity index is 1.63. The first-order valence-electron chi connectivity index (χ1n) is 7.98. The first kappa shape index (κ1) is 19.2. The number of methoxy groups -OCH3 is 1. The van der Waals surface area contributed by atoms with Crippen LogP contribution in [-0.2, 0) is 10.9 Å². The highest BCUT2D eigenvalue weighted by Crippen LogP contribution is 2.28. The van der Waals surface area contributed by atoms with Crippen LogP contribution < -0.4 is 5.43 Å². The van der Waals surface area contributed by atoms with Gasteiger partial charge in [-0.3, -0.25) is 5.43 Å². The lowest BCUT2D eigenvalue weighted by Gasteiger charge is -2.06. The van der Waals surface area contributed by atoms with Gasteiger partial charge in [-0.05, 0) is 36.4 Å². The Kier molecular flexibility index (Phi) is 5.44. The molecule has 0 saturated heterocycles. The quantitative estimate of drug-likeness (QED) is 0.392. The summed E-state index contributed by atoms with van der Waals surface area (Å²) in [4.78, 5) is 15.1. The van der Waals surface area contributed by atoms with Crippen LogP contribution >= 0.6 is 0 Å². The van der Waals surface area contributed by atoms with Gasteiger partial charge < -0.3 is 9.15 Å². The number of hydrogen-bond donors (Lipinski definition) is 1. The molecule has 0 atom stereocenters. The molecule has 28 heavy (non-hydrogen) atoms. The monoisotopic (exact) mass is 389 g/mol. The van der Waals surface area contributed by atoms with Gasteiger partial charge >= 0.3 is 12.1 Å². The number of anilines is 1. The normalized spacial score (nSPS) is 11.6. The number of halogens is 3. The third kappa shape index (κ3) is 4.56. The number of alkyl halides is 3. The molecule has 0 spiro atoms. The van der Waals surface area contributed by atoms with Crippen molar-refractivity contribution in [2.24, 2.45) is 5.10 Å². The molecule has 3 rings (SSSR count). The van der Waals surface area contributed by atoms with Crippen molar-refractivity contribution in [1.29, 1.82) is 0 Å². The zero-order valence-corrected chi connectivity index (χ0v) is 14.5. The maximum absolute atomic E-state index is 12.5. The molecule has 9 heteroatoms. The van der Waals surface area contributed by atoms with E-state index in [0.29, 0.717) is 17.1 Å². The zero-order valence-electron chi connectivity index (χ0n) is 14.5. The Morgan fingerprint density at radius 2 is 1.89 bits per heavy atom. The number of carbonyl (C=O) groups is 1. The third-order valence-corrected chi connectivity index (χ3v) is 3.68. The molecule has 0 amide bonds. The molecule has 0 bridgehead atoms. The predicted molar refractivity (Wildman–Crippen MR) is 95.9 cm³/mol. The summed E-state index contributed by atoms with van der Waals surface area (Å²) in [6.45, 7) is 0. The fourth-order valence-corrected chi connectivity index (χ4v) is 2.26. The second-order valence-corrected chi connectivity index (χ2v) is 5.57. The number of hydrogen-bond acceptors (Lipinski definition) is 6. The van der Waals surface area contributed by atoms with Crippen molar-refractivity contribution in [1.82, 2.24) is 4.98 Å². The number of benzene rings is 1. The van der Waals surface area contributed by atoms with Gasteiger partial charge in [0.2, 0.25) is 0 Å². The van der Waals surface area contributed by atoms with Crippen molar-refractivity contribution < 1.29 is 27.1 Å². The van der Waals surface area contributed by atoms with Crippen molar-refractivity contribution in [3.63, 3.8) is 0 Å². The van der Waals surface area contributed by atoms with Gasteiger partial charge in [-0.1, -0.05) is 12.1 Å². The molecule has 2 aromatic heterocycles. The van der Waals surface area contributed by atoms with E-state index in [4.69, 9.17) is 4.42 Å². The Bertz CT molecular complexity index is 978. The van der Waals surface area contributed by atoms with Crippen molar-refractivity contribution in [3.8, 4) is 11.3 Å². The molecule has 2 heterocycles. The molecule has 0 radical (unpaired) electrons. The molecule has 1 N–H and O–H groups in total. The van der Waals surface area contributed by atoms with E-state index in [1.54, 1.807) is 36.4 Å². The Hall–Kier alpha value is -3.62. The average Bonchev–Trinajstić information content (AvgIpc) is 3.16. The van der Waals surface area contributed by atoms with Crippen LogP contribution in [-0.4, -0.2) is 24.3 Å². The lowest BCUT2D eigenvalue weighted by atomic mass is 10.1. The molecular weight excluding hydrogens is 375 g/mol. The number of furan rings is 1. The number of aromatic nitrogens is 1. The Morgan fingerprint density at radius 1 is 1.14 bits per heavy atom. The van der Waals surface area contributed by atoms with E-state index in [1.807, 2.05) is 0 Å². The van der Waals surface area contributed by atoms with E-state index in [-0.39, 0.29) is 5.82 Å². The van der Waals surface area contributed by atoms with E-state index in [0.717, 1.165) is 17.8 Å². The molecule has 144 valence electrons. The second kappa shape index (κ2) is 7.95. The molecule has 0 fully saturated rings. The van der Waals surface area contributed by atoms with Crippen LogP contribution in [0.3, 0.4) is 0 Å². The van der Waals surface area contributed by atoms with Gasteiger partial charge in [0.1, 0.15) is 17.3 Å². The molecule has 0 aliphatic carbocycles. The van der Waals surface area contributed by atoms with E-state index in [1.165, 1.54) is 19.4 Å². The summed E-state index contributed by atoms with van der Waals surface area (Å²) in [5.74, 6) is 0.716. The van der Waals surface area contributed by atoms with Gasteiger partial charge in [0.05, 0.1) is 24.5 Å². The minimum absolute atomic E-state index is 0.162. The summed E-state index contributed by atoms with van der Waals surface area (Å²) < 4.78 is 47.7. The van der Waals surface area contributed by atoms with Gasteiger partial charge in [-0.25, -0.2) is 9.78 Å². The number of hydrazone groups is 1. The van der Waals surface area contributed by atoms with Crippen LogP contribution in [0.25, 0.3) is 11.3 Å². The van der Waals surface area contributed by atoms with Gasteiger partial charge in [-0.15, -0.1) is 0 Å². The summed E-state index contributed by atoms with van der Waals surface area (Å²) in [5, 5.41) is 3.89. The molecular formula is C19H14F3N3O3. The minimum Gasteiger partial charge on any atom is -0.465 e. The van der Waals surface area contributed by atoms with Gasteiger partial charge in [0.25, 0.3) is 0 Å². The summed E-state index contributed by atoms with van der Waals surface area (Å²) in [7, 11) is 1.31. The van der Waals surface area contributed by atoms with Crippen LogP contribution in [0, 0.1) is 0 Å². The standard InChI is InChI=1S/C19H14F3N3O3/c1-27-18(26)13-4-2-12(3-5-13)16-8-7-15(28-16)11-24-25-17-9-6-14(10-23-17)19(20,21)22/h2-11H,1H3,(H,23,25)/b24-11-. The number of ether oxygens (including phenoxy) is 1. The molecule has 0 aliphatic rings. The molecule has 1 aromatic carbocycles. The van der Waals surface area contributed by atoms with Crippen LogP contribution in [0.4, 0.5) is 19.0 Å². The SMILES string of the molecule is COC(=O)c1ccc(-c2ccc(/C=N\Nc3ccc(C(F)(F)F)cn3)o2)cc1. The Morgan fingerprint density at radius 3 is 2.50 bits per heavy atom. The van der Waals surface area contributed by atoms with Gasteiger partial charge in [0, 0.05) is 11.8 Å². The van der Waals surface area contributed by atoms with Gasteiger partial charge in [-0.2, -0.15) is 18.3 Å². The van der Waals surface area contributed by atoms with E-state index < -0.39 is 17.7 Å². The average molecular weight is 389 g/mol. The molecule has 0 aliphatic heterocycles. The van der Waals surface area contributed by atoms with Crippen molar-refractivity contribution in [3.05, 3.63) is 71.6 Å². The fourth-order valence-electron chi connectivity index (χ4n) is 2.26. The van der Waals surface area contributed by atoms with Crippen molar-refractivity contribution >= 4 is 18.0 Å². The predicted octanol–water partition coefficient (Wildman–Crippen LogP) is 4.59. The lowest BCUT2D eigenvalue weighted by Crippen LogP contribution is -2.05. The highest BCUT2D eigenvalue weighted by molar-refractivity contribution is 5.89. The summed E-state index contributed by atoms with van der Waals surface area (Å²) in [6.07, 6.45) is -2.35. The third-order valence-electron chi connectivity index (χ3n) is 3.68. The fraction of sp³-hybridized carbons (Fsp3) is 0.105. The highest BCUT2D eigenvalue weighted by atomic mass is 19.4. The van der Waals surface area contributed by atoms with Crippen LogP contribution in [0.1, 0.15) is 21.7 Å². The van der Waals surface area contributed by atoms with Crippen LogP contribution in [0.2, 0.25) is 0 Å². The number of rotatable bonds is 5. The molecule has 0 unspecified atom stereocenters. The maximum atomic E-state index is 12.5. The number of nitrogens with zero attached hydrogens (tertiary/aromatic N) is 2. The van der Waals surface area contributed by atoms with Crippen molar-refractivity contribution in [2.75, 3.05) is 12.5 Å². The Labute approximate surface area is 157 Å². The maximum Gasteiger partial charge on any atom is 0.417 e. The zero-order chi connectivity index (χ0) is 20.1. The lowest BCUT2D eigenvalue weighted by molar-refractivity contribution is -0.137. The van der Waals surface area contributed by atoms with E-state index >= 15 is 0 Å². The number of pyridine rings is 1. The summed E-state index contributed by atoms with van der Waals surface area (Å²) in [5.41, 5.74) is 2.87. The molecule has 6 nitrogen and oxygen atoms in total. The molecule has 3 aromatic rings. The largest absolute Gasteiger partial charge is 0.465 e. The van der Waals surface area contributed by atoms with Crippen LogP contribution in [0.5, 0.6) is 0 Å². The highest BCUT2D eigenvalue weighted by Gasteiger charge is 2.30. The smallest absolute Gasteiger partial charge is 0.417 e. The van der Waals surface area contributed by atoms with Gasteiger partial charge in [0.15, 0.2) is 0 Å². The first-order chi connectivity index (χ1) is 13.4. The minimum atomic E-state index is -4.44. The van der Waals surface area contributed by atoms with Crippen LogP contribution in [0.15, 0.2) is 64.2 Å². The molecule has 0 saturated carbocycles. The van der Waals surface area contributed by atoms with E-state index in [2.05, 4.69) is 20.2 Å². The van der Waals surface area contributed by atoms with Crippen molar-refractivity contribution in [2.45, 2.75) is 6.18 Å². The second-order valence-electron chi connectivity index (χ2n) is 5.57. The number of carbonyl (C=O) groups excluding carboxylic acids is 1. The topological polar surface area (TPSA) is 76.7 Å². The number of nitrogens with one attached hydrogen (secondary N) is 1. The summed E-state index contributed by atoms with van der Waals surface area (Å²) in [6, 6.07) is 12.2. The number of esters is 1. The van der Waals surface area contributed by atoms with E-state index in [9.17, 15) is 18.0 Å². The summed E-state index contributed by atoms with van der Waals surface area (Å²) >= 11 is 0.